The third kappa shape index (κ3) is 13.2. The van der Waals surface area contributed by atoms with Gasteiger partial charge in [-0.3, -0.25) is 4.79 Å². The summed E-state index contributed by atoms with van der Waals surface area (Å²) in [6.07, 6.45) is 26.3. The van der Waals surface area contributed by atoms with Crippen LogP contribution in [0.15, 0.2) is 158 Å². The maximum absolute atomic E-state index is 13.0. The van der Waals surface area contributed by atoms with Gasteiger partial charge in [-0.05, 0) is 147 Å². The van der Waals surface area contributed by atoms with E-state index in [4.69, 9.17) is 4.74 Å². The highest BCUT2D eigenvalue weighted by Gasteiger charge is 2.24. The third-order valence-electron chi connectivity index (χ3n) is 11.5. The van der Waals surface area contributed by atoms with Gasteiger partial charge in [-0.2, -0.15) is 0 Å². The van der Waals surface area contributed by atoms with Crippen molar-refractivity contribution in [3.63, 3.8) is 0 Å². The van der Waals surface area contributed by atoms with E-state index >= 15 is 0 Å². The number of nitrogens with zero attached hydrogens (tertiary/aromatic N) is 2. The van der Waals surface area contributed by atoms with Gasteiger partial charge in [-0.15, -0.1) is 0 Å². The smallest absolute Gasteiger partial charge is 0.303 e. The molecule has 4 aromatic carbocycles. The number of ether oxygens (including phenoxy) is 1. The van der Waals surface area contributed by atoms with Crippen LogP contribution in [0.4, 0.5) is 22.7 Å². The van der Waals surface area contributed by atoms with E-state index in [-0.39, 0.29) is 5.97 Å². The van der Waals surface area contributed by atoms with Gasteiger partial charge in [0.2, 0.25) is 0 Å². The molecule has 1 aliphatic carbocycles. The Labute approximate surface area is 368 Å². The molecule has 0 spiro atoms. The first-order valence-corrected chi connectivity index (χ1v) is 23.0. The van der Waals surface area contributed by atoms with Crippen molar-refractivity contribution >= 4 is 34.3 Å². The van der Waals surface area contributed by atoms with Crippen molar-refractivity contribution < 1.29 is 9.53 Å². The van der Waals surface area contributed by atoms with Crippen LogP contribution < -0.4 is 9.80 Å². The van der Waals surface area contributed by atoms with Crippen molar-refractivity contribution in [1.29, 1.82) is 0 Å². The van der Waals surface area contributed by atoms with Crippen LogP contribution >= 0.6 is 0 Å². The molecule has 0 bridgehead atoms. The number of fused-ring (bicyclic) bond motifs is 1. The number of unbranched alkanes of at least 4 members (excludes halogenated alkanes) is 4. The lowest BCUT2D eigenvalue weighted by atomic mass is 9.94. The minimum atomic E-state index is -0.550. The zero-order valence-electron chi connectivity index (χ0n) is 38.0. The Kier molecular flexibility index (Phi) is 18.3. The predicted molar refractivity (Wildman–Crippen MR) is 263 cm³/mol. The normalized spacial score (nSPS) is 15.6. The summed E-state index contributed by atoms with van der Waals surface area (Å²) in [6.45, 7) is 21.5. The van der Waals surface area contributed by atoms with Crippen LogP contribution in [0.1, 0.15) is 140 Å². The SMILES string of the molecule is C=C(/C=C\C(=C/C)N(c1ccc(CCCC)cc1)c1ccc2c(c1)C(OC(C)=O)C/C=C(N(c1ccc(CCCC)cc1)c1ccc(CCCC)cc1)\C=C/C2=C)CCCC. The van der Waals surface area contributed by atoms with E-state index in [1.807, 2.05) is 0 Å². The summed E-state index contributed by atoms with van der Waals surface area (Å²) < 4.78 is 6.27. The van der Waals surface area contributed by atoms with E-state index in [0.717, 1.165) is 108 Å². The summed E-state index contributed by atoms with van der Waals surface area (Å²) in [5, 5.41) is 0. The first-order valence-electron chi connectivity index (χ1n) is 23.0. The van der Waals surface area contributed by atoms with Gasteiger partial charge in [0.1, 0.15) is 6.10 Å². The second-order valence-electron chi connectivity index (χ2n) is 16.4. The Morgan fingerprint density at radius 1 is 0.689 bits per heavy atom. The van der Waals surface area contributed by atoms with Crippen molar-refractivity contribution in [3.05, 3.63) is 185 Å². The molecule has 0 radical (unpaired) electrons. The standard InChI is InChI=1S/C57H70N2O2/c1-9-14-18-43(6)22-30-49(13-5)58(51-32-24-46(25-33-51)19-15-10-2)54-38-40-55-44(7)23-31-50(39-41-57(56(55)42-54)61-45(8)60)59(52-34-26-47(27-35-52)20-16-11-3)53-36-28-48(29-37-53)21-17-12-4/h13,22-40,42,57H,6-7,9-12,14-21,41H2,1-5,8H3/b30-22-,31-23-,49-13+,50-39+. The van der Waals surface area contributed by atoms with Gasteiger partial charge in [-0.1, -0.05) is 139 Å². The lowest BCUT2D eigenvalue weighted by Gasteiger charge is -2.29. The highest BCUT2D eigenvalue weighted by Crippen LogP contribution is 2.40. The quantitative estimate of drug-likeness (QED) is 0.0620. The highest BCUT2D eigenvalue weighted by molar-refractivity contribution is 5.81. The molecule has 0 saturated carbocycles. The lowest BCUT2D eigenvalue weighted by Crippen LogP contribution is -2.17. The molecule has 0 saturated heterocycles. The molecule has 61 heavy (non-hydrogen) atoms. The molecule has 0 fully saturated rings. The van der Waals surface area contributed by atoms with Crippen molar-refractivity contribution in [3.8, 4) is 0 Å². The molecular formula is C57H70N2O2. The number of benzene rings is 4. The zero-order chi connectivity index (χ0) is 43.6. The largest absolute Gasteiger partial charge is 0.457 e. The van der Waals surface area contributed by atoms with E-state index in [0.29, 0.717) is 6.42 Å². The summed E-state index contributed by atoms with van der Waals surface area (Å²) in [6, 6.07) is 33.4. The first-order chi connectivity index (χ1) is 29.7. The second kappa shape index (κ2) is 24.0. The van der Waals surface area contributed by atoms with E-state index < -0.39 is 6.10 Å². The Bertz CT molecular complexity index is 2110. The van der Waals surface area contributed by atoms with Crippen LogP contribution in [0.5, 0.6) is 0 Å². The molecule has 4 aromatic rings. The molecule has 4 heteroatoms. The summed E-state index contributed by atoms with van der Waals surface area (Å²) in [5.74, 6) is -0.321. The number of allylic oxidation sites excluding steroid dienone is 7. The van der Waals surface area contributed by atoms with E-state index in [9.17, 15) is 4.79 Å². The average molecular weight is 815 g/mol. The zero-order valence-corrected chi connectivity index (χ0v) is 38.0. The number of carbonyl (C=O) groups excluding carboxylic acids is 1. The number of hydrogen-bond acceptors (Lipinski definition) is 4. The first kappa shape index (κ1) is 46.5. The van der Waals surface area contributed by atoms with E-state index in [1.165, 1.54) is 49.3 Å². The molecule has 0 amide bonds. The van der Waals surface area contributed by atoms with Crippen molar-refractivity contribution in [1.82, 2.24) is 0 Å². The minimum Gasteiger partial charge on any atom is -0.457 e. The summed E-state index contributed by atoms with van der Waals surface area (Å²) in [5.41, 5.74) is 14.1. The van der Waals surface area contributed by atoms with E-state index in [1.54, 1.807) is 0 Å². The van der Waals surface area contributed by atoms with Crippen molar-refractivity contribution in [2.75, 3.05) is 9.80 Å². The molecule has 0 aliphatic heterocycles. The number of carbonyl (C=O) groups is 1. The number of hydrogen-bond donors (Lipinski definition) is 0. The second-order valence-corrected chi connectivity index (χ2v) is 16.4. The van der Waals surface area contributed by atoms with Crippen LogP contribution in [-0.2, 0) is 28.8 Å². The van der Waals surface area contributed by atoms with Crippen LogP contribution in [0, 0.1) is 0 Å². The Morgan fingerprint density at radius 3 is 1.69 bits per heavy atom. The minimum absolute atomic E-state index is 0.321. The maximum Gasteiger partial charge on any atom is 0.303 e. The van der Waals surface area contributed by atoms with Crippen LogP contribution in [0.25, 0.3) is 5.57 Å². The molecular weight excluding hydrogens is 745 g/mol. The van der Waals surface area contributed by atoms with Crippen molar-refractivity contribution in [2.24, 2.45) is 0 Å². The molecule has 320 valence electrons. The van der Waals surface area contributed by atoms with Crippen LogP contribution in [-0.4, -0.2) is 5.97 Å². The molecule has 4 nitrogen and oxygen atoms in total. The number of aryl methyl sites for hydroxylation is 3. The van der Waals surface area contributed by atoms with Gasteiger partial charge in [0.15, 0.2) is 0 Å². The fourth-order valence-electron chi connectivity index (χ4n) is 7.89. The number of esters is 1. The molecule has 0 N–H and O–H groups in total. The van der Waals surface area contributed by atoms with Gasteiger partial charge in [0.25, 0.3) is 0 Å². The Morgan fingerprint density at radius 2 is 1.20 bits per heavy atom. The number of rotatable bonds is 21. The van der Waals surface area contributed by atoms with Gasteiger partial charge < -0.3 is 14.5 Å². The topological polar surface area (TPSA) is 32.8 Å². The molecule has 5 rings (SSSR count). The molecule has 0 heterocycles. The highest BCUT2D eigenvalue weighted by atomic mass is 16.5. The number of anilines is 4. The molecule has 1 atom stereocenters. The lowest BCUT2D eigenvalue weighted by molar-refractivity contribution is -0.146. The Hall–Kier alpha value is -5.61. The van der Waals surface area contributed by atoms with Crippen LogP contribution in [0.3, 0.4) is 0 Å². The monoisotopic (exact) mass is 815 g/mol. The summed E-state index contributed by atoms with van der Waals surface area (Å²) in [4.78, 5) is 17.6. The Balaban J connectivity index is 1.61. The average Bonchev–Trinajstić information content (AvgIpc) is 3.34. The van der Waals surface area contributed by atoms with Crippen molar-refractivity contribution in [2.45, 2.75) is 131 Å². The van der Waals surface area contributed by atoms with Gasteiger partial charge in [0, 0.05) is 53.1 Å². The fraction of sp³-hybridized carbons (Fsp3) is 0.351. The van der Waals surface area contributed by atoms with Gasteiger partial charge in [0.05, 0.1) is 0 Å². The third-order valence-corrected chi connectivity index (χ3v) is 11.5. The van der Waals surface area contributed by atoms with Gasteiger partial charge in [-0.25, -0.2) is 0 Å². The summed E-state index contributed by atoms with van der Waals surface area (Å²) in [7, 11) is 0. The predicted octanol–water partition coefficient (Wildman–Crippen LogP) is 16.4. The fourth-order valence-corrected chi connectivity index (χ4v) is 7.89. The van der Waals surface area contributed by atoms with Gasteiger partial charge >= 0.3 is 5.97 Å². The molecule has 1 aliphatic rings. The molecule has 1 unspecified atom stereocenters. The van der Waals surface area contributed by atoms with E-state index in [2.05, 4.69) is 185 Å². The molecule has 0 aromatic heterocycles. The summed E-state index contributed by atoms with van der Waals surface area (Å²) >= 11 is 0. The maximum atomic E-state index is 13.0. The van der Waals surface area contributed by atoms with Crippen LogP contribution in [0.2, 0.25) is 0 Å².